The molecule has 0 atom stereocenters. The van der Waals surface area contributed by atoms with Gasteiger partial charge in [0.25, 0.3) is 0 Å². The average molecular weight is 407 g/mol. The third kappa shape index (κ3) is 4.55. The Morgan fingerprint density at radius 3 is 2.35 bits per heavy atom. The third-order valence-electron chi connectivity index (χ3n) is 4.43. The second kappa shape index (κ2) is 8.21. The lowest BCUT2D eigenvalue weighted by molar-refractivity contribution is -0.137. The first kappa shape index (κ1) is 19.5. The van der Waals surface area contributed by atoms with E-state index in [2.05, 4.69) is 4.90 Å². The molecule has 0 spiro atoms. The van der Waals surface area contributed by atoms with Crippen molar-refractivity contribution in [1.82, 2.24) is 9.47 Å². The molecule has 1 saturated heterocycles. The predicted molar refractivity (Wildman–Crippen MR) is 96.4 cm³/mol. The maximum Gasteiger partial charge on any atom is 0.416 e. The molecule has 0 saturated carbocycles. The Kier molecular flexibility index (Phi) is 6.17. The smallest absolute Gasteiger partial charge is 0.379 e. The highest BCUT2D eigenvalue weighted by Gasteiger charge is 2.32. The van der Waals surface area contributed by atoms with Crippen molar-refractivity contribution in [2.24, 2.45) is 0 Å². The van der Waals surface area contributed by atoms with Crippen molar-refractivity contribution in [1.29, 1.82) is 0 Å². The predicted octanol–water partition coefficient (Wildman–Crippen LogP) is 5.07. The molecule has 0 unspecified atom stereocenters. The minimum atomic E-state index is -4.48. The van der Waals surface area contributed by atoms with Gasteiger partial charge in [0.15, 0.2) is 0 Å². The van der Waals surface area contributed by atoms with Crippen LogP contribution < -0.4 is 0 Å². The van der Waals surface area contributed by atoms with Gasteiger partial charge < -0.3 is 9.30 Å². The number of halogens is 5. The summed E-state index contributed by atoms with van der Waals surface area (Å²) < 4.78 is 45.8. The zero-order valence-corrected chi connectivity index (χ0v) is 15.5. The molecule has 1 aliphatic heterocycles. The Morgan fingerprint density at radius 2 is 1.73 bits per heavy atom. The summed E-state index contributed by atoms with van der Waals surface area (Å²) in [4.78, 5) is 2.34. The number of ether oxygens (including phenoxy) is 1. The molecular weight excluding hydrogens is 388 g/mol. The number of aromatic nitrogens is 1. The SMILES string of the molecule is FC(F)(F)c1cc(Cl)c(-n2cccc2CCCN2CCOCC2)c(Cl)c1. The summed E-state index contributed by atoms with van der Waals surface area (Å²) in [5.74, 6) is 0. The van der Waals surface area contributed by atoms with Gasteiger partial charge in [0.2, 0.25) is 0 Å². The van der Waals surface area contributed by atoms with Gasteiger partial charge in [-0.05, 0) is 43.7 Å². The van der Waals surface area contributed by atoms with Gasteiger partial charge in [-0.1, -0.05) is 23.2 Å². The van der Waals surface area contributed by atoms with Crippen LogP contribution >= 0.6 is 23.2 Å². The molecule has 142 valence electrons. The maximum absolute atomic E-state index is 12.9. The maximum atomic E-state index is 12.9. The zero-order valence-electron chi connectivity index (χ0n) is 14.0. The molecule has 0 amide bonds. The van der Waals surface area contributed by atoms with Gasteiger partial charge in [-0.3, -0.25) is 4.90 Å². The van der Waals surface area contributed by atoms with Crippen LogP contribution in [0.4, 0.5) is 13.2 Å². The van der Waals surface area contributed by atoms with Crippen molar-refractivity contribution >= 4 is 23.2 Å². The van der Waals surface area contributed by atoms with E-state index in [4.69, 9.17) is 27.9 Å². The number of alkyl halides is 3. The first-order chi connectivity index (χ1) is 12.4. The number of benzene rings is 1. The molecule has 1 aromatic carbocycles. The standard InChI is InChI=1S/C18H19Cl2F3N2O/c19-15-11-13(18(21,22)23)12-16(20)17(15)25-6-2-4-14(25)3-1-5-24-7-9-26-10-8-24/h2,4,6,11-12H,1,3,5,7-10H2. The molecule has 3 nitrogen and oxygen atoms in total. The van der Waals surface area contributed by atoms with Crippen LogP contribution in [0.2, 0.25) is 10.0 Å². The lowest BCUT2D eigenvalue weighted by Gasteiger charge is -2.26. The molecule has 1 fully saturated rings. The summed E-state index contributed by atoms with van der Waals surface area (Å²) in [6.07, 6.45) is -1.01. The highest BCUT2D eigenvalue weighted by molar-refractivity contribution is 6.37. The first-order valence-corrected chi connectivity index (χ1v) is 9.15. The van der Waals surface area contributed by atoms with E-state index in [-0.39, 0.29) is 10.0 Å². The lowest BCUT2D eigenvalue weighted by atomic mass is 10.1. The lowest BCUT2D eigenvalue weighted by Crippen LogP contribution is -2.37. The number of hydrogen-bond acceptors (Lipinski definition) is 2. The Balaban J connectivity index is 1.75. The van der Waals surface area contributed by atoms with Crippen molar-refractivity contribution in [2.45, 2.75) is 19.0 Å². The van der Waals surface area contributed by atoms with Crippen molar-refractivity contribution < 1.29 is 17.9 Å². The fourth-order valence-electron chi connectivity index (χ4n) is 3.11. The van der Waals surface area contributed by atoms with Crippen molar-refractivity contribution in [3.8, 4) is 5.69 Å². The molecule has 8 heteroatoms. The van der Waals surface area contributed by atoms with E-state index in [0.29, 0.717) is 5.69 Å². The van der Waals surface area contributed by atoms with Gasteiger partial charge >= 0.3 is 6.18 Å². The number of rotatable bonds is 5. The van der Waals surface area contributed by atoms with Gasteiger partial charge in [-0.25, -0.2) is 0 Å². The van der Waals surface area contributed by atoms with Gasteiger partial charge in [0.05, 0.1) is 34.5 Å². The normalized spacial score (nSPS) is 16.2. The monoisotopic (exact) mass is 406 g/mol. The minimum Gasteiger partial charge on any atom is -0.379 e. The molecule has 1 aliphatic rings. The van der Waals surface area contributed by atoms with Crippen molar-refractivity contribution in [2.75, 3.05) is 32.8 Å². The van der Waals surface area contributed by atoms with Crippen LogP contribution in [-0.2, 0) is 17.3 Å². The second-order valence-corrected chi connectivity index (χ2v) is 7.03. The van der Waals surface area contributed by atoms with Crippen LogP contribution in [0.15, 0.2) is 30.5 Å². The molecule has 26 heavy (non-hydrogen) atoms. The second-order valence-electron chi connectivity index (χ2n) is 6.21. The largest absolute Gasteiger partial charge is 0.416 e. The van der Waals surface area contributed by atoms with E-state index >= 15 is 0 Å². The van der Waals surface area contributed by atoms with Gasteiger partial charge in [-0.2, -0.15) is 13.2 Å². The third-order valence-corrected chi connectivity index (χ3v) is 5.01. The molecular formula is C18H19Cl2F3N2O. The van der Waals surface area contributed by atoms with Crippen LogP contribution in [0.1, 0.15) is 17.7 Å². The molecule has 0 radical (unpaired) electrons. The number of hydrogen-bond donors (Lipinski definition) is 0. The molecule has 3 rings (SSSR count). The van der Waals surface area contributed by atoms with Crippen LogP contribution in [0, 0.1) is 0 Å². The summed E-state index contributed by atoms with van der Waals surface area (Å²) in [6, 6.07) is 5.61. The zero-order chi connectivity index (χ0) is 18.7. The highest BCUT2D eigenvalue weighted by Crippen LogP contribution is 2.38. The number of morpholine rings is 1. The summed E-state index contributed by atoms with van der Waals surface area (Å²) in [7, 11) is 0. The number of aryl methyl sites for hydroxylation is 1. The van der Waals surface area contributed by atoms with E-state index in [1.54, 1.807) is 10.8 Å². The molecule has 0 N–H and O–H groups in total. The molecule has 2 aromatic rings. The Hall–Kier alpha value is -1.21. The minimum absolute atomic E-state index is 0.0181. The Labute approximate surface area is 160 Å². The van der Waals surface area contributed by atoms with E-state index in [9.17, 15) is 13.2 Å². The van der Waals surface area contributed by atoms with Gasteiger partial charge in [-0.15, -0.1) is 0 Å². The summed E-state index contributed by atoms with van der Waals surface area (Å²) in [5.41, 5.74) is 0.492. The summed E-state index contributed by atoms with van der Waals surface area (Å²) in [6.45, 7) is 4.32. The van der Waals surface area contributed by atoms with E-state index < -0.39 is 11.7 Å². The average Bonchev–Trinajstić information content (AvgIpc) is 3.02. The quantitative estimate of drug-likeness (QED) is 0.689. The van der Waals surface area contributed by atoms with E-state index in [1.807, 2.05) is 12.1 Å². The molecule has 1 aromatic heterocycles. The van der Waals surface area contributed by atoms with E-state index in [0.717, 1.165) is 63.5 Å². The van der Waals surface area contributed by atoms with Crippen LogP contribution in [0.25, 0.3) is 5.69 Å². The highest BCUT2D eigenvalue weighted by atomic mass is 35.5. The van der Waals surface area contributed by atoms with Crippen molar-refractivity contribution in [3.63, 3.8) is 0 Å². The van der Waals surface area contributed by atoms with Gasteiger partial charge in [0, 0.05) is 25.0 Å². The first-order valence-electron chi connectivity index (χ1n) is 8.39. The van der Waals surface area contributed by atoms with Crippen LogP contribution in [-0.4, -0.2) is 42.3 Å². The Morgan fingerprint density at radius 1 is 1.08 bits per heavy atom. The summed E-state index contributed by atoms with van der Waals surface area (Å²) >= 11 is 12.3. The fourth-order valence-corrected chi connectivity index (χ4v) is 3.78. The summed E-state index contributed by atoms with van der Waals surface area (Å²) in [5, 5.41) is -0.0362. The number of nitrogens with zero attached hydrogens (tertiary/aromatic N) is 2. The molecule has 2 heterocycles. The van der Waals surface area contributed by atoms with Crippen LogP contribution in [0.3, 0.4) is 0 Å². The van der Waals surface area contributed by atoms with Crippen LogP contribution in [0.5, 0.6) is 0 Å². The van der Waals surface area contributed by atoms with Gasteiger partial charge in [0.1, 0.15) is 0 Å². The van der Waals surface area contributed by atoms with E-state index in [1.165, 1.54) is 0 Å². The topological polar surface area (TPSA) is 17.4 Å². The van der Waals surface area contributed by atoms with Crippen molar-refractivity contribution in [3.05, 3.63) is 51.8 Å². The Bertz CT molecular complexity index is 732. The molecule has 0 bridgehead atoms. The molecule has 0 aliphatic carbocycles. The fraction of sp³-hybridized carbons (Fsp3) is 0.444.